The topological polar surface area (TPSA) is 71.3 Å². The molecule has 0 atom stereocenters. The van der Waals surface area contributed by atoms with Crippen molar-refractivity contribution in [2.45, 2.75) is 27.4 Å². The third kappa shape index (κ3) is 6.19. The number of halogens is 1. The van der Waals surface area contributed by atoms with E-state index in [1.807, 2.05) is 75.4 Å². The number of hydrogen-bond acceptors (Lipinski definition) is 4. The number of carbonyl (C=O) groups excluding carboxylic acids is 1. The third-order valence-corrected chi connectivity index (χ3v) is 6.49. The normalized spacial score (nSPS) is 11.2. The highest BCUT2D eigenvalue weighted by Gasteiger charge is 2.16. The van der Waals surface area contributed by atoms with E-state index in [1.54, 1.807) is 12.1 Å². The van der Waals surface area contributed by atoms with Gasteiger partial charge in [-0.25, -0.2) is 0 Å². The average Bonchev–Trinajstić information content (AvgIpc) is 2.89. The lowest BCUT2D eigenvalue weighted by molar-refractivity contribution is -0.112. The Morgan fingerprint density at radius 3 is 2.59 bits per heavy atom. The van der Waals surface area contributed by atoms with Gasteiger partial charge in [0.25, 0.3) is 5.91 Å². The smallest absolute Gasteiger partial charge is 0.266 e. The summed E-state index contributed by atoms with van der Waals surface area (Å²) in [5, 5.41) is 14.8. The van der Waals surface area contributed by atoms with Crippen LogP contribution in [-0.4, -0.2) is 12.5 Å². The van der Waals surface area contributed by atoms with Crippen molar-refractivity contribution < 1.29 is 14.3 Å². The number of rotatable bonds is 8. The first-order chi connectivity index (χ1) is 17.9. The van der Waals surface area contributed by atoms with Crippen LogP contribution in [0.2, 0.25) is 0 Å². The molecule has 4 aromatic carbocycles. The SMILES string of the molecule is CCOc1cc(/C=C(\C#N)C(=O)Nc2cc(C)ccc2C)cc(Br)c1OCc1cccc2ccccc12. The lowest BCUT2D eigenvalue weighted by atomic mass is 10.1. The average molecular weight is 555 g/mol. The van der Waals surface area contributed by atoms with Gasteiger partial charge in [0.05, 0.1) is 11.1 Å². The van der Waals surface area contributed by atoms with Crippen molar-refractivity contribution in [3.05, 3.63) is 105 Å². The van der Waals surface area contributed by atoms with E-state index >= 15 is 0 Å². The molecule has 186 valence electrons. The first-order valence-corrected chi connectivity index (χ1v) is 12.7. The Balaban J connectivity index is 1.60. The molecule has 0 spiro atoms. The number of carbonyl (C=O) groups is 1. The zero-order valence-corrected chi connectivity index (χ0v) is 22.6. The fourth-order valence-electron chi connectivity index (χ4n) is 4.02. The molecule has 0 aliphatic carbocycles. The van der Waals surface area contributed by atoms with Crippen LogP contribution in [0.4, 0.5) is 5.69 Å². The van der Waals surface area contributed by atoms with E-state index in [-0.39, 0.29) is 5.57 Å². The van der Waals surface area contributed by atoms with Crippen LogP contribution >= 0.6 is 15.9 Å². The Morgan fingerprint density at radius 2 is 1.81 bits per heavy atom. The summed E-state index contributed by atoms with van der Waals surface area (Å²) >= 11 is 3.59. The number of amides is 1. The second-order valence-corrected chi connectivity index (χ2v) is 9.49. The standard InChI is InChI=1S/C31H27BrN2O3/c1-4-36-29-17-22(15-25(18-33)31(35)34-28-14-20(2)12-13-21(28)3)16-27(32)30(29)37-19-24-10-7-9-23-8-5-6-11-26(23)24/h5-17H,4,19H2,1-3H3,(H,34,35)/b25-15+. The molecule has 0 aromatic heterocycles. The molecule has 0 saturated heterocycles. The molecule has 0 saturated carbocycles. The molecule has 0 fully saturated rings. The Labute approximate surface area is 225 Å². The van der Waals surface area contributed by atoms with Gasteiger partial charge in [-0.05, 0) is 94.0 Å². The zero-order chi connectivity index (χ0) is 26.4. The summed E-state index contributed by atoms with van der Waals surface area (Å²) in [6.07, 6.45) is 1.54. The lowest BCUT2D eigenvalue weighted by Crippen LogP contribution is -2.14. The Bertz CT molecular complexity index is 1530. The van der Waals surface area contributed by atoms with Crippen LogP contribution < -0.4 is 14.8 Å². The molecular formula is C31H27BrN2O3. The van der Waals surface area contributed by atoms with Gasteiger partial charge < -0.3 is 14.8 Å². The van der Waals surface area contributed by atoms with Gasteiger partial charge in [0.15, 0.2) is 11.5 Å². The second-order valence-electron chi connectivity index (χ2n) is 8.63. The van der Waals surface area contributed by atoms with Crippen molar-refractivity contribution in [3.8, 4) is 17.6 Å². The van der Waals surface area contributed by atoms with E-state index in [0.717, 1.165) is 27.5 Å². The van der Waals surface area contributed by atoms with E-state index in [2.05, 4.69) is 39.4 Å². The molecule has 0 aliphatic heterocycles. The lowest BCUT2D eigenvalue weighted by Gasteiger charge is -2.16. The quantitative estimate of drug-likeness (QED) is 0.178. The predicted octanol–water partition coefficient (Wildman–Crippen LogP) is 7.74. The number of ether oxygens (including phenoxy) is 2. The molecule has 4 rings (SSSR count). The highest BCUT2D eigenvalue weighted by atomic mass is 79.9. The summed E-state index contributed by atoms with van der Waals surface area (Å²) in [4.78, 5) is 12.9. The Hall–Kier alpha value is -4.08. The minimum Gasteiger partial charge on any atom is -0.490 e. The predicted molar refractivity (Wildman–Crippen MR) is 152 cm³/mol. The number of benzene rings is 4. The highest BCUT2D eigenvalue weighted by molar-refractivity contribution is 9.10. The largest absolute Gasteiger partial charge is 0.490 e. The van der Waals surface area contributed by atoms with Gasteiger partial charge in [0.2, 0.25) is 0 Å². The van der Waals surface area contributed by atoms with E-state index in [1.165, 1.54) is 0 Å². The summed E-state index contributed by atoms with van der Waals surface area (Å²) in [5.74, 6) is 0.613. The number of aryl methyl sites for hydroxylation is 2. The van der Waals surface area contributed by atoms with Crippen molar-refractivity contribution in [2.75, 3.05) is 11.9 Å². The number of hydrogen-bond donors (Lipinski definition) is 1. The van der Waals surface area contributed by atoms with Gasteiger partial charge in [0, 0.05) is 5.69 Å². The molecule has 0 radical (unpaired) electrons. The number of anilines is 1. The molecule has 37 heavy (non-hydrogen) atoms. The molecular weight excluding hydrogens is 528 g/mol. The number of nitrogens with zero attached hydrogens (tertiary/aromatic N) is 1. The van der Waals surface area contributed by atoms with Gasteiger partial charge in [-0.2, -0.15) is 5.26 Å². The van der Waals surface area contributed by atoms with Crippen LogP contribution in [0.25, 0.3) is 16.8 Å². The van der Waals surface area contributed by atoms with Gasteiger partial charge in [-0.1, -0.05) is 54.6 Å². The van der Waals surface area contributed by atoms with Crippen molar-refractivity contribution in [1.82, 2.24) is 0 Å². The molecule has 0 unspecified atom stereocenters. The summed E-state index contributed by atoms with van der Waals surface area (Å²) in [6, 6.07) is 25.7. The minimum absolute atomic E-state index is 0.0142. The summed E-state index contributed by atoms with van der Waals surface area (Å²) in [7, 11) is 0. The Kier molecular flexibility index (Phi) is 8.27. The first-order valence-electron chi connectivity index (χ1n) is 12.0. The molecule has 4 aromatic rings. The molecule has 0 heterocycles. The molecule has 5 nitrogen and oxygen atoms in total. The maximum absolute atomic E-state index is 12.9. The Morgan fingerprint density at radius 1 is 1.03 bits per heavy atom. The molecule has 0 bridgehead atoms. The molecule has 0 aliphatic rings. The summed E-state index contributed by atoms with van der Waals surface area (Å²) in [6.45, 7) is 6.54. The van der Waals surface area contributed by atoms with Crippen LogP contribution in [0, 0.1) is 25.2 Å². The van der Waals surface area contributed by atoms with Gasteiger partial charge >= 0.3 is 0 Å². The fraction of sp³-hybridized carbons (Fsp3) is 0.161. The fourth-order valence-corrected chi connectivity index (χ4v) is 4.59. The monoisotopic (exact) mass is 554 g/mol. The maximum atomic E-state index is 12.9. The molecule has 1 N–H and O–H groups in total. The first kappa shape index (κ1) is 26.0. The van der Waals surface area contributed by atoms with Crippen molar-refractivity contribution >= 4 is 44.4 Å². The van der Waals surface area contributed by atoms with E-state index in [4.69, 9.17) is 9.47 Å². The van der Waals surface area contributed by atoms with Crippen LogP contribution in [-0.2, 0) is 11.4 Å². The van der Waals surface area contributed by atoms with Crippen LogP contribution in [0.1, 0.15) is 29.2 Å². The maximum Gasteiger partial charge on any atom is 0.266 e. The zero-order valence-electron chi connectivity index (χ0n) is 21.0. The van der Waals surface area contributed by atoms with E-state index in [9.17, 15) is 10.1 Å². The van der Waals surface area contributed by atoms with Crippen LogP contribution in [0.15, 0.2) is 82.8 Å². The number of nitrogens with one attached hydrogen (secondary N) is 1. The summed E-state index contributed by atoms with van der Waals surface area (Å²) < 4.78 is 12.7. The highest BCUT2D eigenvalue weighted by Crippen LogP contribution is 2.38. The molecule has 1 amide bonds. The summed E-state index contributed by atoms with van der Waals surface area (Å²) in [5.41, 5.74) is 4.31. The van der Waals surface area contributed by atoms with E-state index < -0.39 is 5.91 Å². The van der Waals surface area contributed by atoms with Crippen molar-refractivity contribution in [3.63, 3.8) is 0 Å². The third-order valence-electron chi connectivity index (χ3n) is 5.90. The van der Waals surface area contributed by atoms with E-state index in [0.29, 0.717) is 40.4 Å². The van der Waals surface area contributed by atoms with Crippen LogP contribution in [0.5, 0.6) is 11.5 Å². The molecule has 6 heteroatoms. The number of fused-ring (bicyclic) bond motifs is 1. The van der Waals surface area contributed by atoms with Gasteiger partial charge in [-0.15, -0.1) is 0 Å². The van der Waals surface area contributed by atoms with Gasteiger partial charge in [0.1, 0.15) is 18.2 Å². The van der Waals surface area contributed by atoms with Crippen molar-refractivity contribution in [1.29, 1.82) is 5.26 Å². The van der Waals surface area contributed by atoms with Crippen LogP contribution in [0.3, 0.4) is 0 Å². The second kappa shape index (κ2) is 11.8. The minimum atomic E-state index is -0.471. The van der Waals surface area contributed by atoms with Crippen molar-refractivity contribution in [2.24, 2.45) is 0 Å². The number of nitriles is 1. The van der Waals surface area contributed by atoms with Gasteiger partial charge in [-0.3, -0.25) is 4.79 Å².